The van der Waals surface area contributed by atoms with E-state index < -0.39 is 24.3 Å². The highest BCUT2D eigenvalue weighted by molar-refractivity contribution is 6.31. The van der Waals surface area contributed by atoms with Gasteiger partial charge in [-0.2, -0.15) is 0 Å². The van der Waals surface area contributed by atoms with E-state index in [-0.39, 0.29) is 10.7 Å². The van der Waals surface area contributed by atoms with Gasteiger partial charge in [0, 0.05) is 16.1 Å². The zero-order chi connectivity index (χ0) is 17.5. The molecule has 0 aliphatic rings. The zero-order valence-corrected chi connectivity index (χ0v) is 13.8. The van der Waals surface area contributed by atoms with Crippen LogP contribution in [0, 0.1) is 5.82 Å². The first-order chi connectivity index (χ1) is 11.4. The summed E-state index contributed by atoms with van der Waals surface area (Å²) in [4.78, 5) is 23.2. The fourth-order valence-corrected chi connectivity index (χ4v) is 2.09. The number of carbonyl (C=O) groups is 2. The topological polar surface area (TPSA) is 55.4 Å². The van der Waals surface area contributed by atoms with Crippen LogP contribution in [0.1, 0.15) is 5.56 Å². The van der Waals surface area contributed by atoms with Crippen molar-refractivity contribution in [3.8, 4) is 0 Å². The van der Waals surface area contributed by atoms with Crippen LogP contribution in [0.2, 0.25) is 10.0 Å². The van der Waals surface area contributed by atoms with Crippen molar-refractivity contribution < 1.29 is 18.7 Å². The van der Waals surface area contributed by atoms with Crippen molar-refractivity contribution in [2.24, 2.45) is 0 Å². The molecule has 2 aromatic carbocycles. The van der Waals surface area contributed by atoms with Gasteiger partial charge in [-0.05, 0) is 42.0 Å². The van der Waals surface area contributed by atoms with Gasteiger partial charge < -0.3 is 10.1 Å². The quantitative estimate of drug-likeness (QED) is 0.632. The number of anilines is 1. The molecule has 24 heavy (non-hydrogen) atoms. The Morgan fingerprint density at radius 1 is 1.12 bits per heavy atom. The van der Waals surface area contributed by atoms with Crippen LogP contribution in [0.4, 0.5) is 10.1 Å². The summed E-state index contributed by atoms with van der Waals surface area (Å²) in [5.74, 6) is -2.05. The molecular formula is C17H12Cl2FNO3. The SMILES string of the molecule is O=C(COC(=O)/C=C/c1cccc(Cl)c1)Nc1ccc(Cl)cc1F. The Balaban J connectivity index is 1.83. The van der Waals surface area contributed by atoms with Crippen molar-refractivity contribution in [1.29, 1.82) is 0 Å². The predicted octanol–water partition coefficient (Wildman–Crippen LogP) is 4.33. The molecule has 2 rings (SSSR count). The number of halogens is 3. The van der Waals surface area contributed by atoms with Crippen LogP contribution in [0.5, 0.6) is 0 Å². The molecule has 1 amide bonds. The monoisotopic (exact) mass is 367 g/mol. The summed E-state index contributed by atoms with van der Waals surface area (Å²) in [6, 6.07) is 10.7. The fourth-order valence-electron chi connectivity index (χ4n) is 1.74. The molecule has 0 aliphatic carbocycles. The van der Waals surface area contributed by atoms with Crippen LogP contribution in [-0.2, 0) is 14.3 Å². The van der Waals surface area contributed by atoms with E-state index in [4.69, 9.17) is 27.9 Å². The molecule has 124 valence electrons. The largest absolute Gasteiger partial charge is 0.452 e. The number of esters is 1. The van der Waals surface area contributed by atoms with Crippen molar-refractivity contribution in [2.75, 3.05) is 11.9 Å². The van der Waals surface area contributed by atoms with E-state index in [1.165, 1.54) is 24.3 Å². The molecule has 0 saturated carbocycles. The second-order valence-electron chi connectivity index (χ2n) is 4.67. The van der Waals surface area contributed by atoms with E-state index in [2.05, 4.69) is 5.32 Å². The number of amides is 1. The van der Waals surface area contributed by atoms with E-state index in [1.54, 1.807) is 24.3 Å². The van der Waals surface area contributed by atoms with E-state index >= 15 is 0 Å². The standard InChI is InChI=1S/C17H12Cl2FNO3/c18-12-3-1-2-11(8-12)4-7-17(23)24-10-16(22)21-15-6-5-13(19)9-14(15)20/h1-9H,10H2,(H,21,22)/b7-4+. The van der Waals surface area contributed by atoms with Gasteiger partial charge in [0.2, 0.25) is 0 Å². The number of nitrogens with one attached hydrogen (secondary N) is 1. The van der Waals surface area contributed by atoms with E-state index in [0.29, 0.717) is 10.6 Å². The summed E-state index contributed by atoms with van der Waals surface area (Å²) < 4.78 is 18.3. The lowest BCUT2D eigenvalue weighted by Gasteiger charge is -2.06. The Hall–Kier alpha value is -2.37. The van der Waals surface area contributed by atoms with Gasteiger partial charge in [0.25, 0.3) is 5.91 Å². The first-order valence-corrected chi connectivity index (χ1v) is 7.55. The van der Waals surface area contributed by atoms with Gasteiger partial charge in [-0.25, -0.2) is 9.18 Å². The molecule has 0 aliphatic heterocycles. The normalized spacial score (nSPS) is 10.6. The van der Waals surface area contributed by atoms with E-state index in [0.717, 1.165) is 6.07 Å². The molecule has 0 radical (unpaired) electrons. The average molecular weight is 368 g/mol. The molecule has 0 saturated heterocycles. The highest BCUT2D eigenvalue weighted by Gasteiger charge is 2.09. The number of hydrogen-bond donors (Lipinski definition) is 1. The second-order valence-corrected chi connectivity index (χ2v) is 5.54. The molecule has 2 aromatic rings. The Morgan fingerprint density at radius 3 is 2.58 bits per heavy atom. The number of ether oxygens (including phenoxy) is 1. The molecular weight excluding hydrogens is 356 g/mol. The second kappa shape index (κ2) is 8.47. The van der Waals surface area contributed by atoms with Crippen LogP contribution < -0.4 is 5.32 Å². The van der Waals surface area contributed by atoms with Gasteiger partial charge >= 0.3 is 5.97 Å². The van der Waals surface area contributed by atoms with Crippen LogP contribution in [-0.4, -0.2) is 18.5 Å². The van der Waals surface area contributed by atoms with Crippen LogP contribution in [0.25, 0.3) is 6.08 Å². The number of hydrogen-bond acceptors (Lipinski definition) is 3. The van der Waals surface area contributed by atoms with Crippen LogP contribution in [0.15, 0.2) is 48.5 Å². The third-order valence-corrected chi connectivity index (χ3v) is 3.28. The molecule has 4 nitrogen and oxygen atoms in total. The number of rotatable bonds is 5. The predicted molar refractivity (Wildman–Crippen MR) is 91.5 cm³/mol. The maximum atomic E-state index is 13.5. The lowest BCUT2D eigenvalue weighted by atomic mass is 10.2. The molecule has 0 aromatic heterocycles. The molecule has 1 N–H and O–H groups in total. The van der Waals surface area contributed by atoms with Crippen molar-refractivity contribution in [2.45, 2.75) is 0 Å². The van der Waals surface area contributed by atoms with Gasteiger partial charge in [0.15, 0.2) is 6.61 Å². The Kier molecular flexibility index (Phi) is 6.35. The minimum Gasteiger partial charge on any atom is -0.452 e. The van der Waals surface area contributed by atoms with Crippen molar-refractivity contribution >= 4 is 46.8 Å². The lowest BCUT2D eigenvalue weighted by molar-refractivity contribution is -0.142. The minimum absolute atomic E-state index is 0.0464. The zero-order valence-electron chi connectivity index (χ0n) is 12.3. The third kappa shape index (κ3) is 5.68. The smallest absolute Gasteiger partial charge is 0.331 e. The molecule has 7 heteroatoms. The summed E-state index contributed by atoms with van der Waals surface area (Å²) in [7, 11) is 0. The minimum atomic E-state index is -0.707. The average Bonchev–Trinajstić information content (AvgIpc) is 2.54. The van der Waals surface area contributed by atoms with Crippen LogP contribution >= 0.6 is 23.2 Å². The van der Waals surface area contributed by atoms with E-state index in [9.17, 15) is 14.0 Å². The summed E-state index contributed by atoms with van der Waals surface area (Å²) in [5, 5.41) is 3.03. The van der Waals surface area contributed by atoms with Gasteiger partial charge in [0.1, 0.15) is 5.82 Å². The highest BCUT2D eigenvalue weighted by atomic mass is 35.5. The summed E-state index contributed by atoms with van der Waals surface area (Å²) in [5.41, 5.74) is 0.669. The number of benzene rings is 2. The first-order valence-electron chi connectivity index (χ1n) is 6.79. The Labute approximate surface area is 147 Å². The van der Waals surface area contributed by atoms with Crippen molar-refractivity contribution in [3.63, 3.8) is 0 Å². The van der Waals surface area contributed by atoms with Gasteiger partial charge in [-0.3, -0.25) is 4.79 Å². The maximum absolute atomic E-state index is 13.5. The third-order valence-electron chi connectivity index (χ3n) is 2.81. The highest BCUT2D eigenvalue weighted by Crippen LogP contribution is 2.18. The molecule has 0 atom stereocenters. The fraction of sp³-hybridized carbons (Fsp3) is 0.0588. The summed E-state index contributed by atoms with van der Waals surface area (Å²) >= 11 is 11.4. The summed E-state index contributed by atoms with van der Waals surface area (Å²) in [6.07, 6.45) is 2.67. The summed E-state index contributed by atoms with van der Waals surface area (Å²) in [6.45, 7) is -0.541. The van der Waals surface area contributed by atoms with Crippen LogP contribution in [0.3, 0.4) is 0 Å². The molecule has 0 fully saturated rings. The molecule has 0 spiro atoms. The van der Waals surface area contributed by atoms with Crippen molar-refractivity contribution in [1.82, 2.24) is 0 Å². The Bertz CT molecular complexity index is 793. The molecule has 0 bridgehead atoms. The molecule has 0 heterocycles. The molecule has 0 unspecified atom stereocenters. The van der Waals surface area contributed by atoms with E-state index in [1.807, 2.05) is 0 Å². The van der Waals surface area contributed by atoms with Crippen molar-refractivity contribution in [3.05, 3.63) is 70.0 Å². The Morgan fingerprint density at radius 2 is 1.88 bits per heavy atom. The number of carbonyl (C=O) groups excluding carboxylic acids is 2. The maximum Gasteiger partial charge on any atom is 0.331 e. The lowest BCUT2D eigenvalue weighted by Crippen LogP contribution is -2.20. The van der Waals surface area contributed by atoms with Gasteiger partial charge in [-0.1, -0.05) is 35.3 Å². The van der Waals surface area contributed by atoms with Gasteiger partial charge in [0.05, 0.1) is 5.69 Å². The van der Waals surface area contributed by atoms with Gasteiger partial charge in [-0.15, -0.1) is 0 Å². The first kappa shape index (κ1) is 18.0.